The number of nitro benzene ring substituents is 1. The molecular formula is C26H44N5O10P. The molecule has 0 bridgehead atoms. The molecule has 2 rings (SSSR count). The number of phosphoric ester groups is 1. The number of phosphoric acid groups is 1. The first-order valence-electron chi connectivity index (χ1n) is 14.3. The fourth-order valence-electron chi connectivity index (χ4n) is 4.04. The number of hydrogen-bond acceptors (Lipinski definition) is 13. The van der Waals surface area contributed by atoms with Crippen LogP contribution in [-0.4, -0.2) is 84.5 Å². The molecule has 0 radical (unpaired) electrons. The molecule has 0 amide bonds. The van der Waals surface area contributed by atoms with E-state index in [1.807, 2.05) is 21.1 Å². The molecule has 2 aromatic rings. The Bertz CT molecular complexity index is 1160. The van der Waals surface area contributed by atoms with Crippen LogP contribution in [0.3, 0.4) is 0 Å². The summed E-state index contributed by atoms with van der Waals surface area (Å²) >= 11 is 0. The van der Waals surface area contributed by atoms with Crippen LogP contribution in [0.25, 0.3) is 11.0 Å². The van der Waals surface area contributed by atoms with Crippen molar-refractivity contribution in [1.29, 1.82) is 0 Å². The van der Waals surface area contributed by atoms with Crippen molar-refractivity contribution in [1.82, 2.24) is 10.3 Å². The van der Waals surface area contributed by atoms with Gasteiger partial charge in [-0.3, -0.25) is 19.5 Å². The van der Waals surface area contributed by atoms with Crippen molar-refractivity contribution >= 4 is 36.2 Å². The zero-order chi connectivity index (χ0) is 31.0. The summed E-state index contributed by atoms with van der Waals surface area (Å²) in [4.78, 5) is 34.1. The fourth-order valence-corrected chi connectivity index (χ4v) is 4.73. The monoisotopic (exact) mass is 617 g/mol. The minimum atomic E-state index is -4.58. The summed E-state index contributed by atoms with van der Waals surface area (Å²) in [7, 11) is 1.08. The third kappa shape index (κ3) is 14.5. The van der Waals surface area contributed by atoms with Crippen LogP contribution in [0.4, 0.5) is 11.4 Å². The van der Waals surface area contributed by atoms with E-state index >= 15 is 0 Å². The lowest BCUT2D eigenvalue weighted by atomic mass is 10.1. The lowest BCUT2D eigenvalue weighted by molar-refractivity contribution is -0.870. The molecule has 0 spiro atoms. The number of carbonyl (C=O) groups excluding carboxylic acids is 1. The number of anilines is 1. The van der Waals surface area contributed by atoms with E-state index in [2.05, 4.69) is 24.8 Å². The van der Waals surface area contributed by atoms with Crippen LogP contribution in [0.5, 0.6) is 0 Å². The smallest absolute Gasteiger partial charge is 0.308 e. The Morgan fingerprint density at radius 1 is 1.02 bits per heavy atom. The molecule has 1 heterocycles. The van der Waals surface area contributed by atoms with E-state index in [9.17, 15) is 29.5 Å². The largest absolute Gasteiger partial charge is 0.756 e. The number of unbranched alkanes of at least 4 members (excludes halogenated alkanes) is 9. The number of carbonyl (C=O) groups is 1. The van der Waals surface area contributed by atoms with Gasteiger partial charge in [0.1, 0.15) is 19.8 Å². The number of nitrogens with one attached hydrogen (secondary N) is 1. The number of hydrogen-bond donors (Lipinski definition) is 2. The van der Waals surface area contributed by atoms with E-state index < -0.39 is 31.6 Å². The molecule has 0 saturated heterocycles. The molecule has 15 nitrogen and oxygen atoms in total. The van der Waals surface area contributed by atoms with Crippen molar-refractivity contribution in [2.24, 2.45) is 0 Å². The highest BCUT2D eigenvalue weighted by Gasteiger charge is 2.20. The molecule has 0 aliphatic heterocycles. The molecule has 16 heteroatoms. The third-order valence-corrected chi connectivity index (χ3v) is 7.33. The molecule has 0 fully saturated rings. The van der Waals surface area contributed by atoms with Crippen LogP contribution in [-0.2, 0) is 23.1 Å². The number of aliphatic hydroxyl groups is 1. The topological polar surface area (TPSA) is 199 Å². The molecule has 1 aromatic heterocycles. The molecule has 1 unspecified atom stereocenters. The van der Waals surface area contributed by atoms with Crippen molar-refractivity contribution in [2.45, 2.75) is 76.9 Å². The van der Waals surface area contributed by atoms with Gasteiger partial charge in [-0.2, -0.15) is 0 Å². The number of non-ortho nitro benzene ring substituents is 1. The first kappa shape index (κ1) is 35.5. The van der Waals surface area contributed by atoms with Crippen LogP contribution < -0.4 is 10.2 Å². The molecule has 2 N–H and O–H groups in total. The SMILES string of the molecule is C[N+](C)(C)CCOP(=O)([O-])OC[C@H](O)OC(=O)CCCCCCCCCCCCNc1ccc([N+](=O)[O-])c2nonc12. The highest BCUT2D eigenvalue weighted by atomic mass is 31.2. The summed E-state index contributed by atoms with van der Waals surface area (Å²) in [6, 6.07) is 3.01. The minimum Gasteiger partial charge on any atom is -0.756 e. The van der Waals surface area contributed by atoms with Crippen molar-refractivity contribution in [2.75, 3.05) is 52.8 Å². The van der Waals surface area contributed by atoms with E-state index in [1.54, 1.807) is 6.07 Å². The van der Waals surface area contributed by atoms with Gasteiger partial charge in [-0.05, 0) is 29.2 Å². The zero-order valence-corrected chi connectivity index (χ0v) is 25.6. The zero-order valence-electron chi connectivity index (χ0n) is 24.7. The van der Waals surface area contributed by atoms with E-state index in [1.165, 1.54) is 6.07 Å². The van der Waals surface area contributed by atoms with Crippen LogP contribution in [0.15, 0.2) is 16.8 Å². The van der Waals surface area contributed by atoms with Crippen molar-refractivity contribution < 1.29 is 47.2 Å². The predicted molar refractivity (Wildman–Crippen MR) is 152 cm³/mol. The van der Waals surface area contributed by atoms with Crippen LogP contribution in [0.1, 0.15) is 70.6 Å². The van der Waals surface area contributed by atoms with Gasteiger partial charge in [0, 0.05) is 19.0 Å². The average Bonchev–Trinajstić information content (AvgIpc) is 3.39. The number of aliphatic hydroxyl groups excluding tert-OH is 1. The number of aromatic nitrogens is 2. The van der Waals surface area contributed by atoms with Crippen LogP contribution >= 0.6 is 7.82 Å². The van der Waals surface area contributed by atoms with Gasteiger partial charge in [-0.25, -0.2) is 4.63 Å². The molecule has 0 aliphatic carbocycles. The normalized spacial score (nSPS) is 14.0. The lowest BCUT2D eigenvalue weighted by Gasteiger charge is -2.27. The Labute approximate surface area is 245 Å². The second-order valence-corrected chi connectivity index (χ2v) is 12.5. The maximum absolute atomic E-state index is 11.8. The van der Waals surface area contributed by atoms with Gasteiger partial charge < -0.3 is 33.6 Å². The van der Waals surface area contributed by atoms with Gasteiger partial charge in [-0.1, -0.05) is 51.4 Å². The van der Waals surface area contributed by atoms with Crippen molar-refractivity contribution in [3.63, 3.8) is 0 Å². The van der Waals surface area contributed by atoms with E-state index in [-0.39, 0.29) is 24.2 Å². The van der Waals surface area contributed by atoms with Gasteiger partial charge >= 0.3 is 11.7 Å². The molecule has 0 aliphatic rings. The molecule has 238 valence electrons. The highest BCUT2D eigenvalue weighted by Crippen LogP contribution is 2.38. The minimum absolute atomic E-state index is 0.0569. The second-order valence-electron chi connectivity index (χ2n) is 11.1. The lowest BCUT2D eigenvalue weighted by Crippen LogP contribution is -2.37. The molecule has 42 heavy (non-hydrogen) atoms. The number of quaternary nitrogens is 1. The van der Waals surface area contributed by atoms with E-state index in [0.29, 0.717) is 28.7 Å². The van der Waals surface area contributed by atoms with Gasteiger partial charge in [-0.15, -0.1) is 0 Å². The molecule has 1 aromatic carbocycles. The maximum Gasteiger partial charge on any atom is 0.308 e. The van der Waals surface area contributed by atoms with E-state index in [4.69, 9.17) is 9.26 Å². The van der Waals surface area contributed by atoms with Gasteiger partial charge in [0.15, 0.2) is 5.52 Å². The van der Waals surface area contributed by atoms with Crippen molar-refractivity contribution in [3.05, 3.63) is 22.2 Å². The number of esters is 1. The quantitative estimate of drug-likeness (QED) is 0.0346. The number of nitro groups is 1. The van der Waals surface area contributed by atoms with Crippen LogP contribution in [0, 0.1) is 10.1 Å². The predicted octanol–water partition coefficient (Wildman–Crippen LogP) is 3.90. The number of fused-ring (bicyclic) bond motifs is 1. The van der Waals surface area contributed by atoms with Crippen molar-refractivity contribution in [3.8, 4) is 0 Å². The number of rotatable bonds is 23. The van der Waals surface area contributed by atoms with Gasteiger partial charge in [0.25, 0.3) is 7.82 Å². The Kier molecular flexibility index (Phi) is 15.3. The second kappa shape index (κ2) is 18.1. The summed E-state index contributed by atoms with van der Waals surface area (Å²) in [5.74, 6) is -0.608. The maximum atomic E-state index is 11.8. The van der Waals surface area contributed by atoms with Crippen LogP contribution in [0.2, 0.25) is 0 Å². The number of ether oxygens (including phenoxy) is 1. The summed E-state index contributed by atoms with van der Waals surface area (Å²) in [6.07, 6.45) is 8.54. The summed E-state index contributed by atoms with van der Waals surface area (Å²) < 4.78 is 31.0. The average molecular weight is 618 g/mol. The number of likely N-dealkylation sites (N-methyl/N-ethyl adjacent to an activating group) is 1. The fraction of sp³-hybridized carbons (Fsp3) is 0.731. The molecular weight excluding hydrogens is 573 g/mol. The van der Waals surface area contributed by atoms with Gasteiger partial charge in [0.05, 0.1) is 31.8 Å². The summed E-state index contributed by atoms with van der Waals surface area (Å²) in [5, 5.41) is 31.4. The highest BCUT2D eigenvalue weighted by molar-refractivity contribution is 7.45. The molecule has 0 saturated carbocycles. The first-order chi connectivity index (χ1) is 19.9. The Hall–Kier alpha value is -2.68. The first-order valence-corrected chi connectivity index (χ1v) is 15.8. The summed E-state index contributed by atoms with van der Waals surface area (Å²) in [5.41, 5.74) is 1.02. The number of benzene rings is 1. The standard InChI is InChI=1S/C26H44N5O10P/c1-31(2,3)18-19-38-42(36,37)39-20-24(33)40-23(32)14-12-10-8-6-4-5-7-9-11-13-17-27-21-15-16-22(30(34)35)26-25(21)28-41-29-26/h15-16,24,33H,4-14,17-20H2,1-3H3,(H-,27,29,36,37)/t24-/m1/s1. The summed E-state index contributed by atoms with van der Waals surface area (Å²) in [6.45, 7) is 0.404. The third-order valence-electron chi connectivity index (χ3n) is 6.37. The van der Waals surface area contributed by atoms with E-state index in [0.717, 1.165) is 64.3 Å². The Morgan fingerprint density at radius 2 is 1.62 bits per heavy atom. The Balaban J connectivity index is 1.41. The number of nitrogens with zero attached hydrogens (tertiary/aromatic N) is 4. The Morgan fingerprint density at radius 3 is 2.24 bits per heavy atom. The molecule has 2 atom stereocenters. The van der Waals surface area contributed by atoms with Gasteiger partial charge in [0.2, 0.25) is 11.8 Å².